The Hall–Kier alpha value is -2.77. The zero-order valence-electron chi connectivity index (χ0n) is 17.6. The molecule has 6 nitrogen and oxygen atoms in total. The zero-order chi connectivity index (χ0) is 21.3. The van der Waals surface area contributed by atoms with E-state index in [0.717, 1.165) is 28.0 Å². The van der Waals surface area contributed by atoms with Crippen molar-refractivity contribution in [2.24, 2.45) is 4.99 Å². The van der Waals surface area contributed by atoms with Crippen molar-refractivity contribution in [3.63, 3.8) is 0 Å². The number of aliphatic imine (C=N–C) groups is 1. The van der Waals surface area contributed by atoms with Crippen molar-refractivity contribution in [1.29, 1.82) is 0 Å². The molecule has 7 heteroatoms. The fourth-order valence-corrected chi connectivity index (χ4v) is 4.07. The Balaban J connectivity index is 1.54. The topological polar surface area (TPSA) is 75.1 Å². The van der Waals surface area contributed by atoms with E-state index in [1.54, 1.807) is 25.5 Å². The van der Waals surface area contributed by atoms with Gasteiger partial charge in [-0.15, -0.1) is 11.3 Å². The standard InChI is InChI=1S/C23H29N3O3S/c1-4-11-29-19-10-9-16(12-20(19)28-3)14-25-23(24-2)26-15-18(27)22-13-17-7-5-6-8-21(17)30-22/h5-10,12-13,18,27H,4,11,14-15H2,1-3H3,(H2,24,25,26). The molecular weight excluding hydrogens is 398 g/mol. The van der Waals surface area contributed by atoms with Crippen molar-refractivity contribution in [2.75, 3.05) is 27.3 Å². The summed E-state index contributed by atoms with van der Waals surface area (Å²) in [4.78, 5) is 5.18. The lowest BCUT2D eigenvalue weighted by Gasteiger charge is -2.16. The zero-order valence-corrected chi connectivity index (χ0v) is 18.5. The van der Waals surface area contributed by atoms with E-state index in [2.05, 4.69) is 34.7 Å². The van der Waals surface area contributed by atoms with E-state index >= 15 is 0 Å². The van der Waals surface area contributed by atoms with Crippen LogP contribution in [-0.2, 0) is 6.54 Å². The Morgan fingerprint density at radius 2 is 1.97 bits per heavy atom. The first-order chi connectivity index (χ1) is 14.6. The number of thiophene rings is 1. The highest BCUT2D eigenvalue weighted by Crippen LogP contribution is 2.30. The predicted molar refractivity (Wildman–Crippen MR) is 124 cm³/mol. The van der Waals surface area contributed by atoms with Crippen LogP contribution in [0.1, 0.15) is 29.9 Å². The summed E-state index contributed by atoms with van der Waals surface area (Å²) in [6, 6.07) is 16.1. The van der Waals surface area contributed by atoms with Crippen molar-refractivity contribution in [2.45, 2.75) is 26.0 Å². The number of hydrogen-bond donors (Lipinski definition) is 3. The summed E-state index contributed by atoms with van der Waals surface area (Å²) >= 11 is 1.61. The molecule has 160 valence electrons. The Bertz CT molecular complexity index is 954. The molecule has 0 saturated heterocycles. The maximum Gasteiger partial charge on any atom is 0.191 e. The van der Waals surface area contributed by atoms with Crippen LogP contribution in [0, 0.1) is 0 Å². The minimum Gasteiger partial charge on any atom is -0.493 e. The predicted octanol–water partition coefficient (Wildman–Crippen LogP) is 4.10. The number of aliphatic hydroxyl groups is 1. The Morgan fingerprint density at radius 3 is 2.70 bits per heavy atom. The summed E-state index contributed by atoms with van der Waals surface area (Å²) in [6.45, 7) is 3.68. The van der Waals surface area contributed by atoms with Gasteiger partial charge in [0.1, 0.15) is 6.10 Å². The van der Waals surface area contributed by atoms with Crippen molar-refractivity contribution >= 4 is 27.4 Å². The van der Waals surface area contributed by atoms with E-state index in [0.29, 0.717) is 31.4 Å². The fourth-order valence-electron chi connectivity index (χ4n) is 3.02. The second kappa shape index (κ2) is 10.8. The number of aliphatic hydroxyl groups excluding tert-OH is 1. The number of nitrogens with one attached hydrogen (secondary N) is 2. The monoisotopic (exact) mass is 427 g/mol. The maximum absolute atomic E-state index is 10.6. The first kappa shape index (κ1) is 21.9. The molecule has 3 N–H and O–H groups in total. The number of fused-ring (bicyclic) bond motifs is 1. The Kier molecular flexibility index (Phi) is 7.93. The normalized spacial score (nSPS) is 12.6. The molecule has 0 aliphatic rings. The fraction of sp³-hybridized carbons (Fsp3) is 0.348. The molecule has 0 aliphatic heterocycles. The average Bonchev–Trinajstić information content (AvgIpc) is 3.22. The lowest BCUT2D eigenvalue weighted by atomic mass is 10.2. The van der Waals surface area contributed by atoms with Crippen LogP contribution in [0.4, 0.5) is 0 Å². The second-order valence-corrected chi connectivity index (χ2v) is 7.96. The molecule has 3 aromatic rings. The van der Waals surface area contributed by atoms with E-state index < -0.39 is 6.10 Å². The van der Waals surface area contributed by atoms with Crippen LogP contribution in [-0.4, -0.2) is 38.4 Å². The highest BCUT2D eigenvalue weighted by atomic mass is 32.1. The lowest BCUT2D eigenvalue weighted by molar-refractivity contribution is 0.184. The van der Waals surface area contributed by atoms with Crippen molar-refractivity contribution in [3.8, 4) is 11.5 Å². The number of ether oxygens (including phenoxy) is 2. The molecule has 3 rings (SSSR count). The SMILES string of the molecule is CCCOc1ccc(CNC(=NC)NCC(O)c2cc3ccccc3s2)cc1OC. The number of methoxy groups -OCH3 is 1. The van der Waals surface area contributed by atoms with Gasteiger partial charge in [0.25, 0.3) is 0 Å². The van der Waals surface area contributed by atoms with Crippen LogP contribution in [0.25, 0.3) is 10.1 Å². The molecule has 0 bridgehead atoms. The highest BCUT2D eigenvalue weighted by Gasteiger charge is 2.12. The van der Waals surface area contributed by atoms with Crippen LogP contribution in [0.15, 0.2) is 53.5 Å². The largest absolute Gasteiger partial charge is 0.493 e. The number of nitrogens with zero attached hydrogens (tertiary/aromatic N) is 1. The van der Waals surface area contributed by atoms with Crippen LogP contribution in [0.2, 0.25) is 0 Å². The number of rotatable bonds is 9. The highest BCUT2D eigenvalue weighted by molar-refractivity contribution is 7.19. The molecule has 0 radical (unpaired) electrons. The molecular formula is C23H29N3O3S. The van der Waals surface area contributed by atoms with Crippen LogP contribution in [0.3, 0.4) is 0 Å². The van der Waals surface area contributed by atoms with Gasteiger partial charge in [0.05, 0.1) is 13.7 Å². The maximum atomic E-state index is 10.6. The van der Waals surface area contributed by atoms with Gasteiger partial charge < -0.3 is 25.2 Å². The summed E-state index contributed by atoms with van der Waals surface area (Å²) in [5.41, 5.74) is 1.05. The third kappa shape index (κ3) is 5.64. The molecule has 1 aromatic heterocycles. The van der Waals surface area contributed by atoms with Crippen LogP contribution >= 0.6 is 11.3 Å². The molecule has 2 aromatic carbocycles. The molecule has 0 saturated carbocycles. The summed E-state index contributed by atoms with van der Waals surface area (Å²) in [5, 5.41) is 18.2. The summed E-state index contributed by atoms with van der Waals surface area (Å²) in [7, 11) is 3.35. The number of benzene rings is 2. The van der Waals surface area contributed by atoms with Gasteiger partial charge in [-0.05, 0) is 41.6 Å². The first-order valence-corrected chi connectivity index (χ1v) is 10.9. The lowest BCUT2D eigenvalue weighted by Crippen LogP contribution is -2.38. The minimum absolute atomic E-state index is 0.375. The van der Waals surface area contributed by atoms with Gasteiger partial charge in [-0.3, -0.25) is 4.99 Å². The van der Waals surface area contributed by atoms with Gasteiger partial charge in [-0.2, -0.15) is 0 Å². The summed E-state index contributed by atoms with van der Waals surface area (Å²) < 4.78 is 12.3. The molecule has 1 heterocycles. The van der Waals surface area contributed by atoms with E-state index in [4.69, 9.17) is 9.47 Å². The van der Waals surface area contributed by atoms with E-state index in [1.807, 2.05) is 36.4 Å². The molecule has 0 amide bonds. The van der Waals surface area contributed by atoms with Gasteiger partial charge in [0, 0.05) is 29.7 Å². The molecule has 0 spiro atoms. The average molecular weight is 428 g/mol. The molecule has 0 aliphatic carbocycles. The van der Waals surface area contributed by atoms with Gasteiger partial charge in [0.15, 0.2) is 17.5 Å². The smallest absolute Gasteiger partial charge is 0.191 e. The third-order valence-corrected chi connectivity index (χ3v) is 5.83. The summed E-state index contributed by atoms with van der Waals surface area (Å²) in [6.07, 6.45) is 0.345. The van der Waals surface area contributed by atoms with Crippen LogP contribution < -0.4 is 20.1 Å². The van der Waals surface area contributed by atoms with E-state index in [-0.39, 0.29) is 0 Å². The van der Waals surface area contributed by atoms with Gasteiger partial charge in [-0.25, -0.2) is 0 Å². The van der Waals surface area contributed by atoms with Gasteiger partial charge in [-0.1, -0.05) is 31.2 Å². The quantitative estimate of drug-likeness (QED) is 0.354. The van der Waals surface area contributed by atoms with Crippen LogP contribution in [0.5, 0.6) is 11.5 Å². The van der Waals surface area contributed by atoms with Gasteiger partial charge in [0.2, 0.25) is 0 Å². The number of guanidine groups is 1. The second-order valence-electron chi connectivity index (χ2n) is 6.84. The van der Waals surface area contributed by atoms with Crippen molar-refractivity contribution < 1.29 is 14.6 Å². The van der Waals surface area contributed by atoms with Gasteiger partial charge >= 0.3 is 0 Å². The minimum atomic E-state index is -0.601. The Morgan fingerprint density at radius 1 is 1.13 bits per heavy atom. The Labute approximate surface area is 181 Å². The first-order valence-electron chi connectivity index (χ1n) is 10.0. The molecule has 30 heavy (non-hydrogen) atoms. The molecule has 1 atom stereocenters. The third-order valence-electron chi connectivity index (χ3n) is 4.61. The number of hydrogen-bond acceptors (Lipinski definition) is 5. The van der Waals surface area contributed by atoms with E-state index in [9.17, 15) is 5.11 Å². The van der Waals surface area contributed by atoms with E-state index in [1.165, 1.54) is 4.70 Å². The molecule has 0 fully saturated rings. The summed E-state index contributed by atoms with van der Waals surface area (Å²) in [5.74, 6) is 2.09. The van der Waals surface area contributed by atoms with Crippen molar-refractivity contribution in [1.82, 2.24) is 10.6 Å². The molecule has 1 unspecified atom stereocenters. The van der Waals surface area contributed by atoms with Crippen molar-refractivity contribution in [3.05, 3.63) is 59.0 Å².